The SMILES string of the molecule is CCNCN1CCC(c2ccc(F)cc2)(c2c(OC)c(C#N)cc3ccccc23)CC1. The summed E-state index contributed by atoms with van der Waals surface area (Å²) in [5.41, 5.74) is 2.27. The Balaban J connectivity index is 1.94. The Kier molecular flexibility index (Phi) is 6.22. The van der Waals surface area contributed by atoms with E-state index in [0.717, 1.165) is 61.0 Å². The highest BCUT2D eigenvalue weighted by Crippen LogP contribution is 2.49. The first kappa shape index (κ1) is 21.3. The minimum absolute atomic E-state index is 0.244. The minimum atomic E-state index is -0.367. The lowest BCUT2D eigenvalue weighted by atomic mass is 9.66. The van der Waals surface area contributed by atoms with E-state index in [4.69, 9.17) is 4.74 Å². The fourth-order valence-corrected chi connectivity index (χ4v) is 4.91. The van der Waals surface area contributed by atoms with Crippen molar-refractivity contribution in [1.29, 1.82) is 5.26 Å². The number of likely N-dealkylation sites (tertiary alicyclic amines) is 1. The summed E-state index contributed by atoms with van der Waals surface area (Å²) in [6, 6.07) is 19.2. The maximum Gasteiger partial charge on any atom is 0.141 e. The number of piperidine rings is 1. The molecule has 5 heteroatoms. The number of nitrogens with one attached hydrogen (secondary N) is 1. The van der Waals surface area contributed by atoms with Gasteiger partial charge >= 0.3 is 0 Å². The molecule has 1 saturated heterocycles. The van der Waals surface area contributed by atoms with Gasteiger partial charge in [-0.1, -0.05) is 43.3 Å². The first-order valence-electron chi connectivity index (χ1n) is 10.8. The maximum atomic E-state index is 13.8. The van der Waals surface area contributed by atoms with Crippen molar-refractivity contribution >= 4 is 10.8 Å². The van der Waals surface area contributed by atoms with Crippen LogP contribution in [0.15, 0.2) is 54.6 Å². The summed E-state index contributed by atoms with van der Waals surface area (Å²) in [6.45, 7) is 5.70. The first-order chi connectivity index (χ1) is 15.1. The van der Waals surface area contributed by atoms with Crippen LogP contribution in [0.2, 0.25) is 0 Å². The normalized spacial score (nSPS) is 16.2. The van der Waals surface area contributed by atoms with Crippen LogP contribution in [0.4, 0.5) is 4.39 Å². The highest BCUT2D eigenvalue weighted by Gasteiger charge is 2.41. The molecule has 0 unspecified atom stereocenters. The number of ether oxygens (including phenoxy) is 1. The van der Waals surface area contributed by atoms with Crippen LogP contribution in [0, 0.1) is 17.1 Å². The molecule has 1 aliphatic heterocycles. The molecule has 3 aromatic carbocycles. The third kappa shape index (κ3) is 3.89. The molecule has 0 radical (unpaired) electrons. The van der Waals surface area contributed by atoms with Crippen LogP contribution in [-0.2, 0) is 5.41 Å². The number of halogens is 1. The lowest BCUT2D eigenvalue weighted by Crippen LogP contribution is -2.46. The molecule has 1 N–H and O–H groups in total. The topological polar surface area (TPSA) is 48.3 Å². The third-order valence-electron chi connectivity index (χ3n) is 6.50. The van der Waals surface area contributed by atoms with E-state index >= 15 is 0 Å². The van der Waals surface area contributed by atoms with Gasteiger partial charge in [-0.15, -0.1) is 0 Å². The summed E-state index contributed by atoms with van der Waals surface area (Å²) in [4.78, 5) is 2.41. The van der Waals surface area contributed by atoms with Gasteiger partial charge < -0.3 is 10.1 Å². The highest BCUT2D eigenvalue weighted by molar-refractivity contribution is 5.91. The second kappa shape index (κ2) is 9.05. The molecule has 1 fully saturated rings. The van der Waals surface area contributed by atoms with E-state index in [1.165, 1.54) is 12.1 Å². The third-order valence-corrected chi connectivity index (χ3v) is 6.50. The summed E-state index contributed by atoms with van der Waals surface area (Å²) in [5.74, 6) is 0.386. The highest BCUT2D eigenvalue weighted by atomic mass is 19.1. The second-order valence-corrected chi connectivity index (χ2v) is 8.13. The van der Waals surface area contributed by atoms with Crippen molar-refractivity contribution in [1.82, 2.24) is 10.2 Å². The summed E-state index contributed by atoms with van der Waals surface area (Å²) in [7, 11) is 1.63. The zero-order valence-electron chi connectivity index (χ0n) is 18.1. The predicted octanol–water partition coefficient (Wildman–Crippen LogP) is 4.81. The molecule has 1 heterocycles. The Morgan fingerprint density at radius 3 is 2.48 bits per heavy atom. The van der Waals surface area contributed by atoms with Gasteiger partial charge in [0.25, 0.3) is 0 Å². The number of fused-ring (bicyclic) bond motifs is 1. The van der Waals surface area contributed by atoms with Crippen molar-refractivity contribution in [3.63, 3.8) is 0 Å². The van der Waals surface area contributed by atoms with Gasteiger partial charge in [-0.05, 0) is 53.9 Å². The van der Waals surface area contributed by atoms with Crippen LogP contribution in [-0.4, -0.2) is 38.3 Å². The van der Waals surface area contributed by atoms with Crippen molar-refractivity contribution in [3.8, 4) is 11.8 Å². The van der Waals surface area contributed by atoms with Crippen LogP contribution in [0.5, 0.6) is 5.75 Å². The van der Waals surface area contributed by atoms with Gasteiger partial charge in [-0.2, -0.15) is 5.26 Å². The average Bonchev–Trinajstić information content (AvgIpc) is 2.82. The number of methoxy groups -OCH3 is 1. The Morgan fingerprint density at radius 2 is 1.84 bits per heavy atom. The minimum Gasteiger partial charge on any atom is -0.495 e. The van der Waals surface area contributed by atoms with Gasteiger partial charge in [0.05, 0.1) is 12.7 Å². The number of hydrogen-bond donors (Lipinski definition) is 1. The average molecular weight is 418 g/mol. The number of benzene rings is 3. The summed E-state index contributed by atoms with van der Waals surface area (Å²) < 4.78 is 19.7. The Hall–Kier alpha value is -2.94. The molecular formula is C26H28FN3O. The van der Waals surface area contributed by atoms with Crippen molar-refractivity contribution < 1.29 is 9.13 Å². The molecule has 31 heavy (non-hydrogen) atoms. The van der Waals surface area contributed by atoms with E-state index in [1.54, 1.807) is 7.11 Å². The molecule has 4 nitrogen and oxygen atoms in total. The fourth-order valence-electron chi connectivity index (χ4n) is 4.91. The monoisotopic (exact) mass is 417 g/mol. The van der Waals surface area contributed by atoms with Gasteiger partial charge in [-0.3, -0.25) is 4.90 Å². The van der Waals surface area contributed by atoms with Crippen LogP contribution in [0.3, 0.4) is 0 Å². The van der Waals surface area contributed by atoms with E-state index in [1.807, 2.05) is 36.4 Å². The van der Waals surface area contributed by atoms with Gasteiger partial charge in [0, 0.05) is 30.7 Å². The van der Waals surface area contributed by atoms with Crippen LogP contribution < -0.4 is 10.1 Å². The van der Waals surface area contributed by atoms with Crippen molar-refractivity contribution in [2.75, 3.05) is 33.4 Å². The fraction of sp³-hybridized carbons (Fsp3) is 0.346. The first-order valence-corrected chi connectivity index (χ1v) is 10.8. The summed E-state index contributed by atoms with van der Waals surface area (Å²) in [5, 5.41) is 15.4. The number of nitrogens with zero attached hydrogens (tertiary/aromatic N) is 2. The van der Waals surface area contributed by atoms with Gasteiger partial charge in [-0.25, -0.2) is 4.39 Å². The van der Waals surface area contributed by atoms with Gasteiger partial charge in [0.2, 0.25) is 0 Å². The van der Waals surface area contributed by atoms with E-state index in [2.05, 4.69) is 29.3 Å². The van der Waals surface area contributed by atoms with Crippen molar-refractivity contribution in [2.45, 2.75) is 25.2 Å². The summed E-state index contributed by atoms with van der Waals surface area (Å²) >= 11 is 0. The standard InChI is InChI=1S/C26H28FN3O/c1-3-29-18-30-14-12-26(13-15-30,21-8-10-22(27)11-9-21)24-23-7-5-4-6-19(23)16-20(17-28)25(24)31-2/h4-11,16,29H,3,12-15,18H2,1-2H3. The molecule has 0 spiro atoms. The number of rotatable bonds is 6. The molecule has 4 rings (SSSR count). The van der Waals surface area contributed by atoms with Crippen molar-refractivity contribution in [3.05, 3.63) is 77.1 Å². The molecule has 1 aliphatic rings. The lowest BCUT2D eigenvalue weighted by Gasteiger charge is -2.44. The number of nitriles is 1. The van der Waals surface area contributed by atoms with Crippen LogP contribution in [0.1, 0.15) is 36.5 Å². The largest absolute Gasteiger partial charge is 0.495 e. The zero-order valence-corrected chi connectivity index (χ0v) is 18.1. The molecule has 160 valence electrons. The number of hydrogen-bond acceptors (Lipinski definition) is 4. The lowest BCUT2D eigenvalue weighted by molar-refractivity contribution is 0.167. The van der Waals surface area contributed by atoms with E-state index in [0.29, 0.717) is 11.3 Å². The van der Waals surface area contributed by atoms with Crippen LogP contribution in [0.25, 0.3) is 10.8 Å². The summed E-state index contributed by atoms with van der Waals surface area (Å²) in [6.07, 6.45) is 1.72. The molecule has 0 aromatic heterocycles. The van der Waals surface area contributed by atoms with E-state index in [-0.39, 0.29) is 11.2 Å². The second-order valence-electron chi connectivity index (χ2n) is 8.13. The van der Waals surface area contributed by atoms with E-state index in [9.17, 15) is 9.65 Å². The molecule has 0 aliphatic carbocycles. The molecule has 0 atom stereocenters. The smallest absolute Gasteiger partial charge is 0.141 e. The molecule has 3 aromatic rings. The Morgan fingerprint density at radius 1 is 1.13 bits per heavy atom. The van der Waals surface area contributed by atoms with Crippen molar-refractivity contribution in [2.24, 2.45) is 0 Å². The quantitative estimate of drug-likeness (QED) is 0.625. The molecule has 0 saturated carbocycles. The Labute approximate surface area is 183 Å². The van der Waals surface area contributed by atoms with Gasteiger partial charge in [0.15, 0.2) is 0 Å². The predicted molar refractivity (Wildman–Crippen MR) is 122 cm³/mol. The molecule has 0 amide bonds. The zero-order chi connectivity index (χ0) is 21.8. The maximum absolute atomic E-state index is 13.8. The molecule has 0 bridgehead atoms. The van der Waals surface area contributed by atoms with Crippen LogP contribution >= 0.6 is 0 Å². The molecular weight excluding hydrogens is 389 g/mol. The van der Waals surface area contributed by atoms with E-state index < -0.39 is 0 Å². The Bertz CT molecular complexity index is 1100. The van der Waals surface area contributed by atoms with Gasteiger partial charge in [0.1, 0.15) is 17.6 Å².